The summed E-state index contributed by atoms with van der Waals surface area (Å²) in [6, 6.07) is 16.1. The number of azo groups is 1. The van der Waals surface area contributed by atoms with E-state index >= 15 is 0 Å². The number of hydrogen-bond acceptors (Lipinski definition) is 4. The summed E-state index contributed by atoms with van der Waals surface area (Å²) in [7, 11) is 0. The van der Waals surface area contributed by atoms with Gasteiger partial charge in [0.05, 0.1) is 22.4 Å². The van der Waals surface area contributed by atoms with Crippen LogP contribution < -0.4 is 0 Å². The van der Waals surface area contributed by atoms with Crippen molar-refractivity contribution in [1.29, 1.82) is 0 Å². The lowest BCUT2D eigenvalue weighted by Gasteiger charge is -1.93. The molecule has 1 radical (unpaired) electrons. The van der Waals surface area contributed by atoms with Crippen LogP contribution in [0.4, 0.5) is 17.1 Å². The monoisotopic (exact) mass is 226 g/mol. The van der Waals surface area contributed by atoms with Gasteiger partial charge < -0.3 is 0 Å². The maximum absolute atomic E-state index is 10.5. The van der Waals surface area contributed by atoms with Gasteiger partial charge in [-0.05, 0) is 24.3 Å². The molecule has 83 valence electrons. The lowest BCUT2D eigenvalue weighted by Crippen LogP contribution is -1.86. The van der Waals surface area contributed by atoms with Crippen molar-refractivity contribution in [3.63, 3.8) is 0 Å². The zero-order valence-electron chi connectivity index (χ0n) is 8.78. The molecule has 0 N–H and O–H groups in total. The predicted molar refractivity (Wildman–Crippen MR) is 62.6 cm³/mol. The first-order chi connectivity index (χ1) is 8.25. The maximum atomic E-state index is 10.5. The van der Waals surface area contributed by atoms with E-state index in [2.05, 4.69) is 16.3 Å². The quantitative estimate of drug-likeness (QED) is 0.453. The Morgan fingerprint density at radius 3 is 2.47 bits per heavy atom. The van der Waals surface area contributed by atoms with Crippen LogP contribution in [0.5, 0.6) is 0 Å². The van der Waals surface area contributed by atoms with Gasteiger partial charge in [-0.1, -0.05) is 18.2 Å². The van der Waals surface area contributed by atoms with Gasteiger partial charge in [0.2, 0.25) is 0 Å². The van der Waals surface area contributed by atoms with Crippen LogP contribution >= 0.6 is 0 Å². The third-order valence-corrected chi connectivity index (χ3v) is 2.00. The second kappa shape index (κ2) is 4.98. The average molecular weight is 226 g/mol. The van der Waals surface area contributed by atoms with Crippen molar-refractivity contribution in [2.45, 2.75) is 0 Å². The molecule has 0 spiro atoms. The number of nitro groups is 1. The Hall–Kier alpha value is -2.56. The predicted octanol–water partition coefficient (Wildman–Crippen LogP) is 3.81. The van der Waals surface area contributed by atoms with Crippen LogP contribution in [0.25, 0.3) is 0 Å². The van der Waals surface area contributed by atoms with Crippen molar-refractivity contribution >= 4 is 17.1 Å². The second-order valence-electron chi connectivity index (χ2n) is 3.22. The summed E-state index contributed by atoms with van der Waals surface area (Å²) in [6.45, 7) is 0. The molecule has 2 aromatic rings. The molecular formula is C12H8N3O2. The Bertz CT molecular complexity index is 553. The second-order valence-corrected chi connectivity index (χ2v) is 3.22. The molecule has 0 fully saturated rings. The summed E-state index contributed by atoms with van der Waals surface area (Å²) in [5, 5.41) is 18.4. The van der Waals surface area contributed by atoms with Gasteiger partial charge in [-0.3, -0.25) is 10.1 Å². The molecule has 17 heavy (non-hydrogen) atoms. The summed E-state index contributed by atoms with van der Waals surface area (Å²) < 4.78 is 0. The highest BCUT2D eigenvalue weighted by Gasteiger charge is 2.05. The fourth-order valence-electron chi connectivity index (χ4n) is 1.22. The Morgan fingerprint density at radius 2 is 1.76 bits per heavy atom. The minimum Gasteiger partial charge on any atom is -0.258 e. The van der Waals surface area contributed by atoms with Gasteiger partial charge >= 0.3 is 0 Å². The first-order valence-electron chi connectivity index (χ1n) is 4.88. The molecule has 2 aromatic carbocycles. The van der Waals surface area contributed by atoms with Gasteiger partial charge in [0.15, 0.2) is 0 Å². The number of non-ortho nitro benzene ring substituents is 1. The van der Waals surface area contributed by atoms with Crippen LogP contribution in [0.2, 0.25) is 0 Å². The standard InChI is InChI=1S/C12H8N3O2/c16-15(17)12-8-4-7-11(9-12)14-13-10-5-2-1-3-6-10/h1-7,9H/b14-13+. The summed E-state index contributed by atoms with van der Waals surface area (Å²) in [4.78, 5) is 10.0. The van der Waals surface area contributed by atoms with Crippen LogP contribution in [0.3, 0.4) is 0 Å². The Balaban J connectivity index is 2.22. The van der Waals surface area contributed by atoms with E-state index in [1.807, 2.05) is 18.2 Å². The normalized spacial score (nSPS) is 10.6. The summed E-state index contributed by atoms with van der Waals surface area (Å²) in [5.74, 6) is 0. The van der Waals surface area contributed by atoms with Crippen LogP contribution in [0, 0.1) is 16.2 Å². The molecule has 0 atom stereocenters. The number of nitrogens with zero attached hydrogens (tertiary/aromatic N) is 3. The molecule has 0 aliphatic heterocycles. The van der Waals surface area contributed by atoms with Gasteiger partial charge in [0.1, 0.15) is 0 Å². The number of hydrogen-bond donors (Lipinski definition) is 0. The molecule has 0 amide bonds. The van der Waals surface area contributed by atoms with Crippen LogP contribution in [-0.4, -0.2) is 4.92 Å². The van der Waals surface area contributed by atoms with E-state index in [9.17, 15) is 10.1 Å². The molecule has 0 aliphatic rings. The van der Waals surface area contributed by atoms with Crippen LogP contribution in [0.1, 0.15) is 0 Å². The molecule has 0 unspecified atom stereocenters. The van der Waals surface area contributed by atoms with Gasteiger partial charge in [-0.25, -0.2) is 0 Å². The molecule has 0 aliphatic carbocycles. The fourth-order valence-corrected chi connectivity index (χ4v) is 1.22. The number of nitro benzene ring substituents is 1. The largest absolute Gasteiger partial charge is 0.279 e. The van der Waals surface area contributed by atoms with Crippen molar-refractivity contribution in [3.8, 4) is 0 Å². The van der Waals surface area contributed by atoms with E-state index in [-0.39, 0.29) is 5.69 Å². The molecule has 0 saturated carbocycles. The minimum atomic E-state index is -0.512. The maximum Gasteiger partial charge on any atom is 0.279 e. The smallest absolute Gasteiger partial charge is 0.258 e. The molecule has 5 nitrogen and oxygen atoms in total. The van der Waals surface area contributed by atoms with Crippen molar-refractivity contribution in [1.82, 2.24) is 0 Å². The Morgan fingerprint density at radius 1 is 1.06 bits per heavy atom. The molecule has 0 heterocycles. The molecule has 0 bridgehead atoms. The van der Waals surface area contributed by atoms with E-state index in [4.69, 9.17) is 0 Å². The highest BCUT2D eigenvalue weighted by molar-refractivity contribution is 5.46. The highest BCUT2D eigenvalue weighted by atomic mass is 16.6. The molecule has 5 heteroatoms. The zero-order chi connectivity index (χ0) is 12.1. The van der Waals surface area contributed by atoms with E-state index in [0.717, 1.165) is 0 Å². The topological polar surface area (TPSA) is 67.9 Å². The highest BCUT2D eigenvalue weighted by Crippen LogP contribution is 2.21. The third-order valence-electron chi connectivity index (χ3n) is 2.00. The van der Waals surface area contributed by atoms with Crippen molar-refractivity contribution in [2.75, 3.05) is 0 Å². The molecule has 0 saturated heterocycles. The lowest BCUT2D eigenvalue weighted by atomic mass is 10.3. The van der Waals surface area contributed by atoms with E-state index < -0.39 is 4.92 Å². The van der Waals surface area contributed by atoms with Gasteiger partial charge in [-0.15, -0.1) is 0 Å². The molecule has 2 rings (SSSR count). The Kier molecular flexibility index (Phi) is 3.20. The fraction of sp³-hybridized carbons (Fsp3) is 0. The lowest BCUT2D eigenvalue weighted by molar-refractivity contribution is -0.385. The van der Waals surface area contributed by atoms with Gasteiger partial charge in [-0.2, -0.15) is 10.2 Å². The van der Waals surface area contributed by atoms with Gasteiger partial charge in [0.25, 0.3) is 5.69 Å². The van der Waals surface area contributed by atoms with E-state index in [1.54, 1.807) is 18.2 Å². The average Bonchev–Trinajstić information content (AvgIpc) is 2.38. The van der Waals surface area contributed by atoms with E-state index in [0.29, 0.717) is 11.4 Å². The summed E-state index contributed by atoms with van der Waals surface area (Å²) in [5.41, 5.74) is 1.01. The minimum absolute atomic E-state index is 0.116. The van der Waals surface area contributed by atoms with Crippen LogP contribution in [-0.2, 0) is 0 Å². The SMILES string of the molecule is O=[N+]([O-])c1[c]ccc(/N=N/c2ccccc2)c1. The van der Waals surface area contributed by atoms with Gasteiger partial charge in [0, 0.05) is 6.07 Å². The van der Waals surface area contributed by atoms with Crippen molar-refractivity contribution in [3.05, 3.63) is 64.7 Å². The van der Waals surface area contributed by atoms with Crippen molar-refractivity contribution in [2.24, 2.45) is 10.2 Å². The molecule has 0 aromatic heterocycles. The number of rotatable bonds is 3. The van der Waals surface area contributed by atoms with E-state index in [1.165, 1.54) is 12.1 Å². The number of benzene rings is 2. The van der Waals surface area contributed by atoms with Crippen molar-refractivity contribution < 1.29 is 4.92 Å². The molecular weight excluding hydrogens is 218 g/mol. The third kappa shape index (κ3) is 2.94. The van der Waals surface area contributed by atoms with Crippen LogP contribution in [0.15, 0.2) is 58.8 Å². The first-order valence-corrected chi connectivity index (χ1v) is 4.88. The summed E-state index contributed by atoms with van der Waals surface area (Å²) >= 11 is 0. The zero-order valence-corrected chi connectivity index (χ0v) is 8.78. The summed E-state index contributed by atoms with van der Waals surface area (Å²) in [6.07, 6.45) is 0. The Labute approximate surface area is 97.6 Å². The first kappa shape index (κ1) is 10.9.